The highest BCUT2D eigenvalue weighted by Crippen LogP contribution is 2.25. The van der Waals surface area contributed by atoms with Gasteiger partial charge in [0.25, 0.3) is 0 Å². The number of hydrogen-bond donors (Lipinski definition) is 0. The Balaban J connectivity index is 1.88. The molecule has 0 spiro atoms. The van der Waals surface area contributed by atoms with E-state index >= 15 is 0 Å². The van der Waals surface area contributed by atoms with Crippen molar-refractivity contribution in [3.05, 3.63) is 63.1 Å². The summed E-state index contributed by atoms with van der Waals surface area (Å²) in [6.07, 6.45) is 0. The first-order chi connectivity index (χ1) is 10.5. The van der Waals surface area contributed by atoms with Crippen LogP contribution in [0.5, 0.6) is 5.75 Å². The van der Waals surface area contributed by atoms with E-state index in [1.807, 2.05) is 32.0 Å². The quantitative estimate of drug-likeness (QED) is 0.739. The normalized spacial score (nSPS) is 10.4. The molecular weight excluding hydrogens is 323 g/mol. The van der Waals surface area contributed by atoms with Gasteiger partial charge in [0, 0.05) is 15.6 Å². The second-order valence-corrected chi connectivity index (χ2v) is 5.79. The second-order valence-electron chi connectivity index (χ2n) is 4.97. The number of esters is 1. The maximum absolute atomic E-state index is 11.7. The molecule has 0 N–H and O–H groups in total. The minimum atomic E-state index is -0.477. The van der Waals surface area contributed by atoms with Crippen LogP contribution < -0.4 is 4.74 Å². The van der Waals surface area contributed by atoms with E-state index in [0.29, 0.717) is 21.4 Å². The maximum atomic E-state index is 11.7. The predicted octanol–water partition coefficient (Wildman–Crippen LogP) is 4.73. The average molecular weight is 339 g/mol. The summed E-state index contributed by atoms with van der Waals surface area (Å²) in [6, 6.07) is 10.9. The molecule has 0 saturated heterocycles. The third kappa shape index (κ3) is 4.65. The van der Waals surface area contributed by atoms with Crippen LogP contribution >= 0.6 is 23.2 Å². The first-order valence-electron chi connectivity index (χ1n) is 6.75. The number of halogens is 2. The lowest BCUT2D eigenvalue weighted by Crippen LogP contribution is -2.15. The molecule has 0 aliphatic carbocycles. The summed E-state index contributed by atoms with van der Waals surface area (Å²) in [7, 11) is 0. The molecule has 0 unspecified atom stereocenters. The third-order valence-electron chi connectivity index (χ3n) is 2.99. The maximum Gasteiger partial charge on any atom is 0.344 e. The van der Waals surface area contributed by atoms with Crippen LogP contribution in [-0.4, -0.2) is 12.6 Å². The zero-order valence-electron chi connectivity index (χ0n) is 12.4. The lowest BCUT2D eigenvalue weighted by Gasteiger charge is -2.10. The van der Waals surface area contributed by atoms with Crippen molar-refractivity contribution in [2.75, 3.05) is 6.61 Å². The summed E-state index contributed by atoms with van der Waals surface area (Å²) in [4.78, 5) is 11.7. The molecule has 116 valence electrons. The zero-order chi connectivity index (χ0) is 16.1. The van der Waals surface area contributed by atoms with E-state index < -0.39 is 5.97 Å². The fraction of sp³-hybridized carbons (Fsp3) is 0.235. The molecule has 2 aromatic carbocycles. The molecule has 0 fully saturated rings. The molecule has 2 rings (SSSR count). The van der Waals surface area contributed by atoms with Gasteiger partial charge < -0.3 is 9.47 Å². The number of carbonyl (C=O) groups is 1. The van der Waals surface area contributed by atoms with Gasteiger partial charge >= 0.3 is 5.97 Å². The lowest BCUT2D eigenvalue weighted by molar-refractivity contribution is -0.147. The SMILES string of the molecule is Cc1cc(C)cc(OCC(=O)OCc2c(Cl)cccc2Cl)c1. The Bertz CT molecular complexity index is 643. The van der Waals surface area contributed by atoms with Crippen molar-refractivity contribution in [2.24, 2.45) is 0 Å². The van der Waals surface area contributed by atoms with Crippen LogP contribution in [0.15, 0.2) is 36.4 Å². The van der Waals surface area contributed by atoms with E-state index in [2.05, 4.69) is 0 Å². The molecule has 2 aromatic rings. The standard InChI is InChI=1S/C17H16Cl2O3/c1-11-6-12(2)8-13(7-11)21-10-17(20)22-9-14-15(18)4-3-5-16(14)19/h3-8H,9-10H2,1-2H3. The smallest absolute Gasteiger partial charge is 0.344 e. The van der Waals surface area contributed by atoms with Gasteiger partial charge in [0.2, 0.25) is 0 Å². The van der Waals surface area contributed by atoms with Crippen LogP contribution in [0.1, 0.15) is 16.7 Å². The van der Waals surface area contributed by atoms with Gasteiger partial charge in [0.1, 0.15) is 12.4 Å². The molecule has 0 radical (unpaired) electrons. The zero-order valence-corrected chi connectivity index (χ0v) is 13.9. The number of benzene rings is 2. The molecule has 5 heteroatoms. The van der Waals surface area contributed by atoms with Crippen LogP contribution in [0.3, 0.4) is 0 Å². The highest BCUT2D eigenvalue weighted by molar-refractivity contribution is 6.35. The molecule has 0 atom stereocenters. The van der Waals surface area contributed by atoms with E-state index in [1.165, 1.54) is 0 Å². The first-order valence-corrected chi connectivity index (χ1v) is 7.51. The summed E-state index contributed by atoms with van der Waals surface area (Å²) >= 11 is 12.0. The predicted molar refractivity (Wildman–Crippen MR) is 87.7 cm³/mol. The van der Waals surface area contributed by atoms with Crippen molar-refractivity contribution in [1.29, 1.82) is 0 Å². The topological polar surface area (TPSA) is 35.5 Å². The van der Waals surface area contributed by atoms with Crippen LogP contribution in [-0.2, 0) is 16.1 Å². The van der Waals surface area contributed by atoms with Gasteiger partial charge in [-0.05, 0) is 49.2 Å². The molecular formula is C17H16Cl2O3. The van der Waals surface area contributed by atoms with Gasteiger partial charge in [-0.2, -0.15) is 0 Å². The van der Waals surface area contributed by atoms with E-state index in [0.717, 1.165) is 11.1 Å². The van der Waals surface area contributed by atoms with Crippen molar-refractivity contribution < 1.29 is 14.3 Å². The molecule has 22 heavy (non-hydrogen) atoms. The molecule has 0 bridgehead atoms. The Morgan fingerprint density at radius 1 is 1.05 bits per heavy atom. The number of carbonyl (C=O) groups excluding carboxylic acids is 1. The average Bonchev–Trinajstić information content (AvgIpc) is 2.43. The van der Waals surface area contributed by atoms with Crippen LogP contribution in [0.25, 0.3) is 0 Å². The Morgan fingerprint density at radius 3 is 2.23 bits per heavy atom. The minimum Gasteiger partial charge on any atom is -0.482 e. The molecule has 0 heterocycles. The highest BCUT2D eigenvalue weighted by atomic mass is 35.5. The van der Waals surface area contributed by atoms with Crippen molar-refractivity contribution in [3.8, 4) is 5.75 Å². The van der Waals surface area contributed by atoms with Gasteiger partial charge in [-0.1, -0.05) is 35.3 Å². The van der Waals surface area contributed by atoms with Crippen molar-refractivity contribution >= 4 is 29.2 Å². The van der Waals surface area contributed by atoms with Gasteiger partial charge in [-0.25, -0.2) is 4.79 Å². The lowest BCUT2D eigenvalue weighted by atomic mass is 10.1. The highest BCUT2D eigenvalue weighted by Gasteiger charge is 2.10. The fourth-order valence-corrected chi connectivity index (χ4v) is 2.53. The third-order valence-corrected chi connectivity index (χ3v) is 3.70. The molecule has 0 saturated carbocycles. The molecule has 0 aromatic heterocycles. The number of hydrogen-bond acceptors (Lipinski definition) is 3. The van der Waals surface area contributed by atoms with Gasteiger partial charge in [-0.3, -0.25) is 0 Å². The van der Waals surface area contributed by atoms with Gasteiger partial charge in [0.15, 0.2) is 6.61 Å². The van der Waals surface area contributed by atoms with Gasteiger partial charge in [0.05, 0.1) is 0 Å². The van der Waals surface area contributed by atoms with Crippen LogP contribution in [0, 0.1) is 13.8 Å². The molecule has 0 amide bonds. The first kappa shape index (κ1) is 16.7. The Kier molecular flexibility index (Phi) is 5.69. The number of rotatable bonds is 5. The van der Waals surface area contributed by atoms with Crippen molar-refractivity contribution in [1.82, 2.24) is 0 Å². The minimum absolute atomic E-state index is 0.0214. The second kappa shape index (κ2) is 7.52. The summed E-state index contributed by atoms with van der Waals surface area (Å²) in [6.45, 7) is 3.80. The summed E-state index contributed by atoms with van der Waals surface area (Å²) < 4.78 is 10.6. The van der Waals surface area contributed by atoms with E-state index in [1.54, 1.807) is 18.2 Å². The summed E-state index contributed by atoms with van der Waals surface area (Å²) in [5.74, 6) is 0.167. The number of aryl methyl sites for hydroxylation is 2. The van der Waals surface area contributed by atoms with Crippen molar-refractivity contribution in [3.63, 3.8) is 0 Å². The van der Waals surface area contributed by atoms with E-state index in [-0.39, 0.29) is 13.2 Å². The molecule has 3 nitrogen and oxygen atoms in total. The van der Waals surface area contributed by atoms with Crippen LogP contribution in [0.2, 0.25) is 10.0 Å². The van der Waals surface area contributed by atoms with E-state index in [4.69, 9.17) is 32.7 Å². The van der Waals surface area contributed by atoms with Crippen molar-refractivity contribution in [2.45, 2.75) is 20.5 Å². The largest absolute Gasteiger partial charge is 0.482 e. The molecule has 0 aliphatic rings. The fourth-order valence-electron chi connectivity index (χ4n) is 2.02. The van der Waals surface area contributed by atoms with Gasteiger partial charge in [-0.15, -0.1) is 0 Å². The summed E-state index contributed by atoms with van der Waals surface area (Å²) in [5, 5.41) is 0.936. The Morgan fingerprint density at radius 2 is 1.64 bits per heavy atom. The summed E-state index contributed by atoms with van der Waals surface area (Å²) in [5.41, 5.74) is 2.74. The Labute approximate surface area is 139 Å². The van der Waals surface area contributed by atoms with E-state index in [9.17, 15) is 4.79 Å². The monoisotopic (exact) mass is 338 g/mol. The van der Waals surface area contributed by atoms with Crippen LogP contribution in [0.4, 0.5) is 0 Å². The molecule has 0 aliphatic heterocycles. The Hall–Kier alpha value is -1.71. The number of ether oxygens (including phenoxy) is 2.